The quantitative estimate of drug-likeness (QED) is 0.165. The van der Waals surface area contributed by atoms with E-state index in [1.165, 1.54) is 43.4 Å². The van der Waals surface area contributed by atoms with Crippen LogP contribution in [0.4, 0.5) is 34.1 Å². The number of aromatic nitrogens is 2. The van der Waals surface area contributed by atoms with Crippen LogP contribution in [0.2, 0.25) is 0 Å². The van der Waals surface area contributed by atoms with Gasteiger partial charge in [0.15, 0.2) is 0 Å². The molecule has 2 heterocycles. The van der Waals surface area contributed by atoms with Gasteiger partial charge >= 0.3 is 0 Å². The minimum atomic E-state index is 0.975. The van der Waals surface area contributed by atoms with E-state index in [0.717, 1.165) is 55.9 Å². The van der Waals surface area contributed by atoms with E-state index in [1.54, 1.807) is 0 Å². The molecule has 0 saturated heterocycles. The summed E-state index contributed by atoms with van der Waals surface area (Å²) in [5, 5.41) is 9.61. The van der Waals surface area contributed by atoms with Crippen molar-refractivity contribution in [1.29, 1.82) is 0 Å². The van der Waals surface area contributed by atoms with Gasteiger partial charge in [0, 0.05) is 45.9 Å². The van der Waals surface area contributed by atoms with Crippen LogP contribution >= 0.6 is 0 Å². The molecule has 10 aromatic rings. The van der Waals surface area contributed by atoms with Gasteiger partial charge < -0.3 is 9.80 Å². The summed E-state index contributed by atoms with van der Waals surface area (Å²) in [5.41, 5.74) is 10.9. The second-order valence-electron chi connectivity index (χ2n) is 13.7. The van der Waals surface area contributed by atoms with Crippen LogP contribution in [0.5, 0.6) is 0 Å². The number of benzene rings is 8. The van der Waals surface area contributed by atoms with Gasteiger partial charge in [-0.25, -0.2) is 0 Å². The average Bonchev–Trinajstić information content (AvgIpc) is 3.19. The van der Waals surface area contributed by atoms with Crippen molar-refractivity contribution < 1.29 is 0 Å². The largest absolute Gasteiger partial charge is 0.308 e. The van der Waals surface area contributed by atoms with E-state index in [2.05, 4.69) is 169 Å². The average molecular weight is 667 g/mol. The van der Waals surface area contributed by atoms with Crippen LogP contribution in [0.25, 0.3) is 54.1 Å². The topological polar surface area (TPSA) is 32.3 Å². The van der Waals surface area contributed by atoms with Crippen molar-refractivity contribution in [3.05, 3.63) is 181 Å². The zero-order chi connectivity index (χ0) is 34.8. The van der Waals surface area contributed by atoms with Crippen molar-refractivity contribution in [2.45, 2.75) is 13.8 Å². The maximum absolute atomic E-state index is 4.85. The van der Waals surface area contributed by atoms with Gasteiger partial charge in [0.2, 0.25) is 0 Å². The first-order valence-corrected chi connectivity index (χ1v) is 17.7. The Morgan fingerprint density at radius 3 is 1.10 bits per heavy atom. The fraction of sp³-hybridized carbons (Fsp3) is 0.0417. The van der Waals surface area contributed by atoms with Crippen molar-refractivity contribution in [3.63, 3.8) is 0 Å². The molecule has 0 unspecified atom stereocenters. The van der Waals surface area contributed by atoms with Crippen LogP contribution < -0.4 is 9.80 Å². The molecule has 4 heteroatoms. The Morgan fingerprint density at radius 1 is 0.346 bits per heavy atom. The SMILES string of the molecule is Cc1ccc(N(c2cc3ccc4cc(N(c5ccc(C)cc5)c5cccc6cccnc56)cc5ccc(c2)c3c45)c2cccc3cccnc23)cc1. The molecule has 0 fully saturated rings. The molecule has 52 heavy (non-hydrogen) atoms. The Labute approximate surface area is 302 Å². The highest BCUT2D eigenvalue weighted by Gasteiger charge is 2.21. The first-order valence-electron chi connectivity index (χ1n) is 17.7. The molecule has 0 atom stereocenters. The molecule has 0 N–H and O–H groups in total. The Morgan fingerprint density at radius 2 is 0.712 bits per heavy atom. The predicted molar refractivity (Wildman–Crippen MR) is 220 cm³/mol. The highest BCUT2D eigenvalue weighted by molar-refractivity contribution is 6.25. The summed E-state index contributed by atoms with van der Waals surface area (Å²) in [7, 11) is 0. The van der Waals surface area contributed by atoms with E-state index in [4.69, 9.17) is 9.97 Å². The number of anilines is 6. The number of hydrogen-bond donors (Lipinski definition) is 0. The summed E-state index contributed by atoms with van der Waals surface area (Å²) in [5.74, 6) is 0. The maximum atomic E-state index is 4.85. The lowest BCUT2D eigenvalue weighted by molar-refractivity contribution is 1.27. The lowest BCUT2D eigenvalue weighted by Crippen LogP contribution is -2.11. The van der Waals surface area contributed by atoms with E-state index in [0.29, 0.717) is 0 Å². The molecule has 0 aliphatic heterocycles. The van der Waals surface area contributed by atoms with Gasteiger partial charge in [-0.1, -0.05) is 96.1 Å². The van der Waals surface area contributed by atoms with Crippen molar-refractivity contribution in [1.82, 2.24) is 9.97 Å². The summed E-state index contributed by atoms with van der Waals surface area (Å²) >= 11 is 0. The summed E-state index contributed by atoms with van der Waals surface area (Å²) in [6.07, 6.45) is 3.76. The summed E-state index contributed by atoms with van der Waals surface area (Å²) < 4.78 is 0. The van der Waals surface area contributed by atoms with Crippen LogP contribution in [0, 0.1) is 13.8 Å². The third-order valence-electron chi connectivity index (χ3n) is 10.3. The molecule has 0 bridgehead atoms. The number of para-hydroxylation sites is 2. The van der Waals surface area contributed by atoms with Crippen molar-refractivity contribution in [3.8, 4) is 0 Å². The molecule has 0 radical (unpaired) electrons. The van der Waals surface area contributed by atoms with Crippen molar-refractivity contribution in [2.24, 2.45) is 0 Å². The van der Waals surface area contributed by atoms with Gasteiger partial charge in [0.05, 0.1) is 22.4 Å². The number of hydrogen-bond acceptors (Lipinski definition) is 4. The minimum absolute atomic E-state index is 0.975. The van der Waals surface area contributed by atoms with Gasteiger partial charge in [-0.05, 0) is 119 Å². The highest BCUT2D eigenvalue weighted by atomic mass is 15.2. The van der Waals surface area contributed by atoms with Crippen LogP contribution in [0.3, 0.4) is 0 Å². The normalized spacial score (nSPS) is 11.7. The monoisotopic (exact) mass is 666 g/mol. The van der Waals surface area contributed by atoms with Gasteiger partial charge in [0.25, 0.3) is 0 Å². The Hall–Kier alpha value is -6.78. The molecule has 2 aromatic heterocycles. The van der Waals surface area contributed by atoms with Crippen molar-refractivity contribution in [2.75, 3.05) is 9.80 Å². The summed E-state index contributed by atoms with van der Waals surface area (Å²) in [6.45, 7) is 4.26. The molecule has 4 nitrogen and oxygen atoms in total. The smallest absolute Gasteiger partial charge is 0.0942 e. The number of nitrogens with zero attached hydrogens (tertiary/aromatic N) is 4. The van der Waals surface area contributed by atoms with Crippen LogP contribution in [-0.4, -0.2) is 9.97 Å². The fourth-order valence-electron chi connectivity index (χ4n) is 7.84. The summed E-state index contributed by atoms with van der Waals surface area (Å²) in [4.78, 5) is 14.4. The predicted octanol–water partition coefficient (Wildman–Crippen LogP) is 13.2. The van der Waals surface area contributed by atoms with Crippen molar-refractivity contribution >= 4 is 88.2 Å². The zero-order valence-electron chi connectivity index (χ0n) is 29.0. The first kappa shape index (κ1) is 30.1. The second-order valence-corrected chi connectivity index (χ2v) is 13.7. The lowest BCUT2D eigenvalue weighted by Gasteiger charge is -2.28. The van der Waals surface area contributed by atoms with Gasteiger partial charge in [0.1, 0.15) is 0 Å². The Bertz CT molecular complexity index is 2650. The van der Waals surface area contributed by atoms with Crippen LogP contribution in [0.15, 0.2) is 170 Å². The van der Waals surface area contributed by atoms with Gasteiger partial charge in [-0.3, -0.25) is 9.97 Å². The highest BCUT2D eigenvalue weighted by Crippen LogP contribution is 2.45. The third-order valence-corrected chi connectivity index (χ3v) is 10.3. The van der Waals surface area contributed by atoms with Gasteiger partial charge in [-0.2, -0.15) is 0 Å². The lowest BCUT2D eigenvalue weighted by atomic mass is 9.92. The van der Waals surface area contributed by atoms with Crippen LogP contribution in [0.1, 0.15) is 11.1 Å². The maximum Gasteiger partial charge on any atom is 0.0942 e. The number of aryl methyl sites for hydroxylation is 2. The molecule has 0 aliphatic carbocycles. The molecule has 8 aromatic carbocycles. The third kappa shape index (κ3) is 4.91. The van der Waals surface area contributed by atoms with E-state index in [1.807, 2.05) is 24.5 Å². The standard InChI is InChI=1S/C48H34N4/c1-31-13-21-39(22-14-31)51(43-11-3-7-33-9-5-25-49-47(33)43)41-27-35-17-19-37-29-42(30-38-20-18-36(28-41)45(35)46(37)38)52(40-23-15-32(2)16-24-40)44-12-4-8-34-10-6-26-50-48(34)44/h3-30H,1-2H3. The molecule has 10 rings (SSSR count). The number of pyridine rings is 2. The number of rotatable bonds is 6. The second kappa shape index (κ2) is 11.9. The van der Waals surface area contributed by atoms with Gasteiger partial charge in [-0.15, -0.1) is 0 Å². The Balaban J connectivity index is 1.17. The molecule has 0 aliphatic rings. The van der Waals surface area contributed by atoms with E-state index < -0.39 is 0 Å². The molecule has 0 saturated carbocycles. The first-order chi connectivity index (χ1) is 25.6. The molecule has 0 spiro atoms. The molecule has 0 amide bonds. The number of fused-ring (bicyclic) bond motifs is 2. The minimum Gasteiger partial charge on any atom is -0.308 e. The van der Waals surface area contributed by atoms with Crippen LogP contribution in [-0.2, 0) is 0 Å². The molecular weight excluding hydrogens is 633 g/mol. The molecule has 246 valence electrons. The zero-order valence-corrected chi connectivity index (χ0v) is 29.0. The fourth-order valence-corrected chi connectivity index (χ4v) is 7.84. The Kier molecular flexibility index (Phi) is 6.90. The van der Waals surface area contributed by atoms with E-state index in [-0.39, 0.29) is 0 Å². The molecular formula is C48H34N4. The van der Waals surface area contributed by atoms with E-state index >= 15 is 0 Å². The summed E-state index contributed by atoms with van der Waals surface area (Å²) in [6, 6.07) is 57.1. The van der Waals surface area contributed by atoms with E-state index in [9.17, 15) is 0 Å².